The molecule has 1 aliphatic rings. The van der Waals surface area contributed by atoms with Crippen LogP contribution in [0, 0.1) is 0 Å². The number of nitrogens with one attached hydrogen (secondary N) is 2. The van der Waals surface area contributed by atoms with Crippen LogP contribution in [0.1, 0.15) is 20.7 Å². The summed E-state index contributed by atoms with van der Waals surface area (Å²) >= 11 is 5.42. The minimum atomic E-state index is -0.480. The van der Waals surface area contributed by atoms with E-state index in [1.807, 2.05) is 6.07 Å². The summed E-state index contributed by atoms with van der Waals surface area (Å²) in [6, 6.07) is 10.3. The number of anilines is 2. The van der Waals surface area contributed by atoms with E-state index in [1.165, 1.54) is 21.3 Å². The van der Waals surface area contributed by atoms with E-state index in [4.69, 9.17) is 26.4 Å². The first kappa shape index (κ1) is 24.3. The van der Waals surface area contributed by atoms with Gasteiger partial charge < -0.3 is 29.3 Å². The van der Waals surface area contributed by atoms with E-state index in [2.05, 4.69) is 27.5 Å². The first-order valence-electron chi connectivity index (χ1n) is 10.4. The summed E-state index contributed by atoms with van der Waals surface area (Å²) in [5.41, 5.74) is 2.08. The number of carbonyl (C=O) groups excluding carboxylic acids is 2. The molecule has 1 aliphatic heterocycles. The van der Waals surface area contributed by atoms with Gasteiger partial charge in [0.05, 0.1) is 38.3 Å². The summed E-state index contributed by atoms with van der Waals surface area (Å²) in [5, 5.41) is 5.82. The average molecular weight is 473 g/mol. The van der Waals surface area contributed by atoms with Gasteiger partial charge in [0, 0.05) is 26.2 Å². The van der Waals surface area contributed by atoms with Crippen molar-refractivity contribution in [3.05, 3.63) is 47.5 Å². The third-order valence-corrected chi connectivity index (χ3v) is 5.60. The van der Waals surface area contributed by atoms with Gasteiger partial charge in [0.2, 0.25) is 0 Å². The molecule has 2 aromatic rings. The number of hydrogen-bond acceptors (Lipinski definition) is 8. The Hall–Kier alpha value is -3.37. The Kier molecular flexibility index (Phi) is 8.07. The van der Waals surface area contributed by atoms with Crippen LogP contribution in [0.4, 0.5) is 11.4 Å². The number of benzene rings is 2. The number of hydrogen-bond donors (Lipinski definition) is 2. The first-order chi connectivity index (χ1) is 15.9. The Balaban J connectivity index is 1.84. The normalized spacial score (nSPS) is 13.8. The van der Waals surface area contributed by atoms with E-state index in [9.17, 15) is 9.59 Å². The van der Waals surface area contributed by atoms with Crippen LogP contribution in [0.2, 0.25) is 0 Å². The fraction of sp³-hybridized carbons (Fsp3) is 0.348. The maximum atomic E-state index is 13.0. The topological polar surface area (TPSA) is 92.4 Å². The minimum Gasteiger partial charge on any atom is -0.496 e. The van der Waals surface area contributed by atoms with Crippen LogP contribution >= 0.6 is 12.2 Å². The van der Waals surface area contributed by atoms with Crippen molar-refractivity contribution < 1.29 is 23.8 Å². The van der Waals surface area contributed by atoms with E-state index in [1.54, 1.807) is 30.3 Å². The predicted molar refractivity (Wildman–Crippen MR) is 131 cm³/mol. The molecule has 0 aliphatic carbocycles. The predicted octanol–water partition coefficient (Wildman–Crippen LogP) is 2.37. The number of methoxy groups -OCH3 is 3. The molecule has 2 aromatic carbocycles. The maximum Gasteiger partial charge on any atom is 0.337 e. The van der Waals surface area contributed by atoms with Crippen molar-refractivity contribution in [1.82, 2.24) is 10.2 Å². The molecule has 33 heavy (non-hydrogen) atoms. The molecule has 1 fully saturated rings. The van der Waals surface area contributed by atoms with E-state index < -0.39 is 11.9 Å². The number of likely N-dealkylation sites (N-methyl/N-ethyl adjacent to an activating group) is 1. The SMILES string of the molecule is COC(=O)c1ccc(N2CCN(C)CC2)c(NC(=S)NC(=O)c2c(OC)cccc2OC)c1. The van der Waals surface area contributed by atoms with Crippen molar-refractivity contribution in [2.45, 2.75) is 0 Å². The zero-order valence-electron chi connectivity index (χ0n) is 19.1. The van der Waals surface area contributed by atoms with Crippen LogP contribution in [0.25, 0.3) is 0 Å². The van der Waals surface area contributed by atoms with E-state index in [0.717, 1.165) is 31.9 Å². The number of carbonyl (C=O) groups is 2. The Bertz CT molecular complexity index is 1020. The second kappa shape index (κ2) is 11.0. The lowest BCUT2D eigenvalue weighted by atomic mass is 10.1. The molecule has 0 saturated carbocycles. The molecule has 0 atom stereocenters. The monoisotopic (exact) mass is 472 g/mol. The van der Waals surface area contributed by atoms with Crippen molar-refractivity contribution in [3.63, 3.8) is 0 Å². The van der Waals surface area contributed by atoms with Crippen molar-refractivity contribution in [3.8, 4) is 11.5 Å². The second-order valence-corrected chi connectivity index (χ2v) is 7.87. The summed E-state index contributed by atoms with van der Waals surface area (Å²) in [6.07, 6.45) is 0. The smallest absolute Gasteiger partial charge is 0.337 e. The Morgan fingerprint density at radius 2 is 1.61 bits per heavy atom. The van der Waals surface area contributed by atoms with Crippen LogP contribution in [-0.2, 0) is 4.74 Å². The van der Waals surface area contributed by atoms with Crippen molar-refractivity contribution in [2.24, 2.45) is 0 Å². The number of rotatable bonds is 6. The van der Waals surface area contributed by atoms with Crippen LogP contribution in [0.5, 0.6) is 11.5 Å². The maximum absolute atomic E-state index is 13.0. The number of piperazine rings is 1. The van der Waals surface area contributed by atoms with Gasteiger partial charge >= 0.3 is 5.97 Å². The van der Waals surface area contributed by atoms with Gasteiger partial charge in [-0.25, -0.2) is 4.79 Å². The zero-order valence-corrected chi connectivity index (χ0v) is 20.0. The quantitative estimate of drug-likeness (QED) is 0.486. The van der Waals surface area contributed by atoms with E-state index in [-0.39, 0.29) is 10.7 Å². The zero-order chi connectivity index (χ0) is 24.0. The van der Waals surface area contributed by atoms with Gasteiger partial charge in [-0.3, -0.25) is 10.1 Å². The number of amides is 1. The first-order valence-corrected chi connectivity index (χ1v) is 10.8. The van der Waals surface area contributed by atoms with Gasteiger partial charge in [-0.2, -0.15) is 0 Å². The highest BCUT2D eigenvalue weighted by molar-refractivity contribution is 7.80. The molecule has 0 radical (unpaired) electrons. The summed E-state index contributed by atoms with van der Waals surface area (Å²) in [7, 11) is 6.36. The number of nitrogens with zero attached hydrogens (tertiary/aromatic N) is 2. The lowest BCUT2D eigenvalue weighted by Gasteiger charge is -2.35. The summed E-state index contributed by atoms with van der Waals surface area (Å²) in [4.78, 5) is 29.5. The molecule has 0 spiro atoms. The molecule has 1 saturated heterocycles. The molecule has 9 nitrogen and oxygen atoms in total. The molecule has 0 aromatic heterocycles. The van der Waals surface area contributed by atoms with Gasteiger partial charge in [0.15, 0.2) is 5.11 Å². The molecule has 1 amide bonds. The summed E-state index contributed by atoms with van der Waals surface area (Å²) in [6.45, 7) is 3.46. The number of ether oxygens (including phenoxy) is 3. The molecule has 0 unspecified atom stereocenters. The molecule has 10 heteroatoms. The van der Waals surface area contributed by atoms with E-state index >= 15 is 0 Å². The van der Waals surface area contributed by atoms with Crippen LogP contribution in [0.15, 0.2) is 36.4 Å². The van der Waals surface area contributed by atoms with Gasteiger partial charge in [-0.05, 0) is 49.6 Å². The molecule has 2 N–H and O–H groups in total. The highest BCUT2D eigenvalue weighted by atomic mass is 32.1. The fourth-order valence-electron chi connectivity index (χ4n) is 3.60. The highest BCUT2D eigenvalue weighted by Gasteiger charge is 2.22. The van der Waals surface area contributed by atoms with Crippen molar-refractivity contribution in [1.29, 1.82) is 0 Å². The lowest BCUT2D eigenvalue weighted by molar-refractivity contribution is 0.0600. The van der Waals surface area contributed by atoms with Gasteiger partial charge in [-0.15, -0.1) is 0 Å². The molecule has 0 bridgehead atoms. The molecule has 176 valence electrons. The average Bonchev–Trinajstić information content (AvgIpc) is 2.83. The van der Waals surface area contributed by atoms with Gasteiger partial charge in [0.1, 0.15) is 17.1 Å². The molecular weight excluding hydrogens is 444 g/mol. The summed E-state index contributed by atoms with van der Waals surface area (Å²) in [5.74, 6) is -0.218. The number of esters is 1. The highest BCUT2D eigenvalue weighted by Crippen LogP contribution is 2.30. The Morgan fingerprint density at radius 3 is 2.18 bits per heavy atom. The van der Waals surface area contributed by atoms with Gasteiger partial charge in [0.25, 0.3) is 5.91 Å². The standard InChI is InChI=1S/C23H28N4O5S/c1-26-10-12-27(13-11-26)17-9-8-15(22(29)32-4)14-16(17)24-23(33)25-21(28)20-18(30-2)6-5-7-19(20)31-3/h5-9,14H,10-13H2,1-4H3,(H2,24,25,28,33). The Morgan fingerprint density at radius 1 is 0.970 bits per heavy atom. The number of thiocarbonyl (C=S) groups is 1. The molecular formula is C23H28N4O5S. The fourth-order valence-corrected chi connectivity index (χ4v) is 3.80. The third kappa shape index (κ3) is 5.71. The van der Waals surface area contributed by atoms with Crippen molar-refractivity contribution in [2.75, 3.05) is 64.8 Å². The van der Waals surface area contributed by atoms with Crippen LogP contribution < -0.4 is 25.0 Å². The largest absolute Gasteiger partial charge is 0.496 e. The minimum absolute atomic E-state index is 0.0744. The molecule has 3 rings (SSSR count). The Labute approximate surface area is 198 Å². The van der Waals surface area contributed by atoms with Crippen LogP contribution in [-0.4, -0.2) is 76.4 Å². The van der Waals surface area contributed by atoms with E-state index in [0.29, 0.717) is 22.7 Å². The summed E-state index contributed by atoms with van der Waals surface area (Å²) < 4.78 is 15.5. The third-order valence-electron chi connectivity index (χ3n) is 5.39. The molecule has 1 heterocycles. The second-order valence-electron chi connectivity index (χ2n) is 7.46. The lowest BCUT2D eigenvalue weighted by Crippen LogP contribution is -2.45. The van der Waals surface area contributed by atoms with Crippen LogP contribution in [0.3, 0.4) is 0 Å². The van der Waals surface area contributed by atoms with Gasteiger partial charge in [-0.1, -0.05) is 6.07 Å². The van der Waals surface area contributed by atoms with Crippen molar-refractivity contribution >= 4 is 40.6 Å².